The fourth-order valence-corrected chi connectivity index (χ4v) is 3.25. The van der Waals surface area contributed by atoms with Gasteiger partial charge in [-0.2, -0.15) is 8.42 Å². The molecule has 0 atom stereocenters. The van der Waals surface area contributed by atoms with E-state index in [-0.39, 0.29) is 22.1 Å². The lowest BCUT2D eigenvalue weighted by atomic mass is 10.0. The van der Waals surface area contributed by atoms with Crippen molar-refractivity contribution in [2.75, 3.05) is 0 Å². The molecule has 0 saturated heterocycles. The first kappa shape index (κ1) is 19.3. The van der Waals surface area contributed by atoms with E-state index in [1.807, 2.05) is 6.07 Å². The predicted molar refractivity (Wildman–Crippen MR) is 96.9 cm³/mol. The molecule has 2 N–H and O–H groups in total. The minimum atomic E-state index is -4.41. The molecule has 25 heavy (non-hydrogen) atoms. The number of ether oxygens (including phenoxy) is 1. The molecule has 0 amide bonds. The van der Waals surface area contributed by atoms with Crippen LogP contribution >= 0.6 is 0 Å². The highest BCUT2D eigenvalue weighted by atomic mass is 32.2. The van der Waals surface area contributed by atoms with Gasteiger partial charge >= 0.3 is 0 Å². The monoisotopic (exact) mass is 364 g/mol. The van der Waals surface area contributed by atoms with E-state index in [0.717, 1.165) is 24.8 Å². The molecule has 5 nitrogen and oxygen atoms in total. The van der Waals surface area contributed by atoms with Crippen LogP contribution in [0.4, 0.5) is 0 Å². The van der Waals surface area contributed by atoms with E-state index in [1.165, 1.54) is 37.5 Å². The van der Waals surface area contributed by atoms with Crippen molar-refractivity contribution in [3.63, 3.8) is 0 Å². The highest BCUT2D eigenvalue weighted by molar-refractivity contribution is 7.86. The molecule has 2 aromatic rings. The maximum atomic E-state index is 11.4. The summed E-state index contributed by atoms with van der Waals surface area (Å²) in [5.41, 5.74) is 0.762. The zero-order valence-electron chi connectivity index (χ0n) is 14.3. The van der Waals surface area contributed by atoms with Crippen molar-refractivity contribution in [2.45, 2.75) is 50.3 Å². The molecule has 0 spiro atoms. The Morgan fingerprint density at radius 3 is 2.32 bits per heavy atom. The second kappa shape index (κ2) is 8.87. The van der Waals surface area contributed by atoms with Gasteiger partial charge in [-0.25, -0.2) is 0 Å². The number of phenols is 1. The topological polar surface area (TPSA) is 83.8 Å². The number of hydrogen-bond donors (Lipinski definition) is 2. The second-order valence-electron chi connectivity index (χ2n) is 5.95. The molecule has 6 heteroatoms. The minimum Gasteiger partial charge on any atom is -0.504 e. The molecule has 136 valence electrons. The first-order chi connectivity index (χ1) is 11.9. The summed E-state index contributed by atoms with van der Waals surface area (Å²) in [6.45, 7) is 2.16. The maximum Gasteiger partial charge on any atom is 0.298 e. The molecule has 0 aliphatic heterocycles. The molecule has 0 fully saturated rings. The van der Waals surface area contributed by atoms with E-state index in [1.54, 1.807) is 18.2 Å². The van der Waals surface area contributed by atoms with Crippen molar-refractivity contribution in [1.82, 2.24) is 0 Å². The van der Waals surface area contributed by atoms with E-state index in [4.69, 9.17) is 4.74 Å². The van der Waals surface area contributed by atoms with Gasteiger partial charge in [-0.1, -0.05) is 56.9 Å². The summed E-state index contributed by atoms with van der Waals surface area (Å²) >= 11 is 0. The lowest BCUT2D eigenvalue weighted by Crippen LogP contribution is -2.01. The van der Waals surface area contributed by atoms with E-state index < -0.39 is 10.1 Å². The molecule has 0 aliphatic rings. The van der Waals surface area contributed by atoms with Crippen molar-refractivity contribution in [3.8, 4) is 17.2 Å². The fourth-order valence-electron chi connectivity index (χ4n) is 2.64. The normalized spacial score (nSPS) is 11.4. The molecular weight excluding hydrogens is 340 g/mol. The van der Waals surface area contributed by atoms with Gasteiger partial charge in [-0.15, -0.1) is 0 Å². The quantitative estimate of drug-likeness (QED) is 0.486. The number of para-hydroxylation sites is 2. The summed E-state index contributed by atoms with van der Waals surface area (Å²) < 4.78 is 37.7. The number of aryl methyl sites for hydroxylation is 1. The zero-order chi connectivity index (χ0) is 18.3. The molecule has 0 heterocycles. The Labute approximate surface area is 149 Å². The lowest BCUT2D eigenvalue weighted by molar-refractivity contribution is 0.397. The molecule has 0 aliphatic carbocycles. The molecule has 2 rings (SSSR count). The minimum absolute atomic E-state index is 0.00290. The van der Waals surface area contributed by atoms with Gasteiger partial charge in [0.2, 0.25) is 0 Å². The lowest BCUT2D eigenvalue weighted by Gasteiger charge is -2.13. The van der Waals surface area contributed by atoms with Crippen molar-refractivity contribution in [3.05, 3.63) is 48.0 Å². The van der Waals surface area contributed by atoms with Crippen LogP contribution in [0.3, 0.4) is 0 Å². The summed E-state index contributed by atoms with van der Waals surface area (Å²) in [5, 5.41) is 10.4. The number of aromatic hydroxyl groups is 1. The van der Waals surface area contributed by atoms with Gasteiger partial charge in [-0.05, 0) is 36.6 Å². The van der Waals surface area contributed by atoms with Crippen LogP contribution in [-0.2, 0) is 16.5 Å². The van der Waals surface area contributed by atoms with Crippen molar-refractivity contribution in [1.29, 1.82) is 0 Å². The Morgan fingerprint density at radius 2 is 1.60 bits per heavy atom. The smallest absolute Gasteiger partial charge is 0.298 e. The summed E-state index contributed by atoms with van der Waals surface area (Å²) in [4.78, 5) is -0.334. The number of unbranched alkanes of at least 4 members (excludes halogenated alkanes) is 4. The molecule has 0 bridgehead atoms. The number of phenolic OH excluding ortho intramolecular Hbond substituents is 1. The van der Waals surface area contributed by atoms with E-state index in [0.29, 0.717) is 0 Å². The summed E-state index contributed by atoms with van der Waals surface area (Å²) in [6.07, 6.45) is 6.37. The Balaban J connectivity index is 2.15. The summed E-state index contributed by atoms with van der Waals surface area (Å²) in [7, 11) is -4.41. The number of hydrogen-bond acceptors (Lipinski definition) is 4. The Bertz CT molecular complexity index is 799. The predicted octanol–water partition coefficient (Wildman–Crippen LogP) is 4.94. The van der Waals surface area contributed by atoms with Crippen LogP contribution < -0.4 is 4.74 Å². The SMILES string of the molecule is CCCCCCCc1cccc(Oc2ccccc2S(=O)(=O)O)c1O. The van der Waals surface area contributed by atoms with Crippen LogP contribution in [0.5, 0.6) is 17.2 Å². The zero-order valence-corrected chi connectivity index (χ0v) is 15.1. The first-order valence-electron chi connectivity index (χ1n) is 8.48. The third-order valence-corrected chi connectivity index (χ3v) is 4.87. The molecule has 0 unspecified atom stereocenters. The molecule has 0 aromatic heterocycles. The fraction of sp³-hybridized carbons (Fsp3) is 0.368. The van der Waals surface area contributed by atoms with Gasteiger partial charge < -0.3 is 9.84 Å². The van der Waals surface area contributed by atoms with Gasteiger partial charge in [0.25, 0.3) is 10.1 Å². The highest BCUT2D eigenvalue weighted by Crippen LogP contribution is 2.36. The van der Waals surface area contributed by atoms with E-state index in [2.05, 4.69) is 6.92 Å². The Hall–Kier alpha value is -2.05. The van der Waals surface area contributed by atoms with Gasteiger partial charge in [0, 0.05) is 0 Å². The summed E-state index contributed by atoms with van der Waals surface area (Å²) in [5.74, 6) is 0.144. The van der Waals surface area contributed by atoms with Gasteiger partial charge in [0.1, 0.15) is 10.6 Å². The molecular formula is C19H24O5S. The average molecular weight is 364 g/mol. The second-order valence-corrected chi connectivity index (χ2v) is 7.34. The average Bonchev–Trinajstić information content (AvgIpc) is 2.57. The van der Waals surface area contributed by atoms with Crippen LogP contribution in [0.1, 0.15) is 44.6 Å². The molecule has 2 aromatic carbocycles. The van der Waals surface area contributed by atoms with Crippen molar-refractivity contribution >= 4 is 10.1 Å². The van der Waals surface area contributed by atoms with Crippen LogP contribution in [0, 0.1) is 0 Å². The number of benzene rings is 2. The van der Waals surface area contributed by atoms with Gasteiger partial charge in [-0.3, -0.25) is 4.55 Å². The van der Waals surface area contributed by atoms with Gasteiger partial charge in [0.05, 0.1) is 0 Å². The highest BCUT2D eigenvalue weighted by Gasteiger charge is 2.18. The largest absolute Gasteiger partial charge is 0.504 e. The van der Waals surface area contributed by atoms with E-state index in [9.17, 15) is 18.1 Å². The number of rotatable bonds is 9. The summed E-state index contributed by atoms with van der Waals surface area (Å²) in [6, 6.07) is 10.9. The van der Waals surface area contributed by atoms with Gasteiger partial charge in [0.15, 0.2) is 11.5 Å². The van der Waals surface area contributed by atoms with Crippen LogP contribution in [0.2, 0.25) is 0 Å². The van der Waals surface area contributed by atoms with Crippen molar-refractivity contribution < 1.29 is 22.8 Å². The first-order valence-corrected chi connectivity index (χ1v) is 9.92. The Morgan fingerprint density at radius 1 is 0.920 bits per heavy atom. The van der Waals surface area contributed by atoms with E-state index >= 15 is 0 Å². The molecule has 0 radical (unpaired) electrons. The van der Waals surface area contributed by atoms with Crippen LogP contribution in [-0.4, -0.2) is 18.1 Å². The standard InChI is InChI=1S/C19H24O5S/c1-2-3-4-5-6-10-15-11-9-13-17(19(15)20)24-16-12-7-8-14-18(16)25(21,22)23/h7-9,11-14,20H,2-6,10H2,1H3,(H,21,22,23). The molecule has 0 saturated carbocycles. The maximum absolute atomic E-state index is 11.4. The van der Waals surface area contributed by atoms with Crippen LogP contribution in [0.15, 0.2) is 47.4 Å². The van der Waals surface area contributed by atoms with Crippen molar-refractivity contribution in [2.24, 2.45) is 0 Å². The van der Waals surface area contributed by atoms with Crippen LogP contribution in [0.25, 0.3) is 0 Å². The third kappa shape index (κ3) is 5.47. The Kier molecular flexibility index (Phi) is 6.84. The third-order valence-electron chi connectivity index (χ3n) is 3.98.